The quantitative estimate of drug-likeness (QED) is 0.399. The number of carbonyl (C=O) groups is 1. The summed E-state index contributed by atoms with van der Waals surface area (Å²) in [5.41, 5.74) is 4.31. The molecule has 2 aliphatic rings. The zero-order chi connectivity index (χ0) is 24.5. The molecule has 36 heavy (non-hydrogen) atoms. The van der Waals surface area contributed by atoms with Gasteiger partial charge in [-0.15, -0.1) is 0 Å². The SMILES string of the molecule is CN1CCN(c2ccc(C(=O)Nc3n[nH]c4ncc(-c5cnn(C6CCNCC6)c5)cc34)cc2)CC1. The number of nitrogens with one attached hydrogen (secondary N) is 3. The van der Waals surface area contributed by atoms with Crippen LogP contribution in [-0.2, 0) is 0 Å². The van der Waals surface area contributed by atoms with E-state index in [4.69, 9.17) is 0 Å². The first-order valence-electron chi connectivity index (χ1n) is 12.6. The summed E-state index contributed by atoms with van der Waals surface area (Å²) >= 11 is 0. The van der Waals surface area contributed by atoms with Crippen molar-refractivity contribution in [1.29, 1.82) is 0 Å². The molecule has 0 saturated carbocycles. The number of piperidine rings is 1. The van der Waals surface area contributed by atoms with E-state index in [1.54, 1.807) is 0 Å². The molecule has 1 amide bonds. The second-order valence-corrected chi connectivity index (χ2v) is 9.67. The predicted octanol–water partition coefficient (Wildman–Crippen LogP) is 2.75. The van der Waals surface area contributed by atoms with Gasteiger partial charge in [-0.05, 0) is 63.3 Å². The van der Waals surface area contributed by atoms with Gasteiger partial charge in [0, 0.05) is 61.0 Å². The molecule has 186 valence electrons. The topological polar surface area (TPSA) is 107 Å². The lowest BCUT2D eigenvalue weighted by Gasteiger charge is -2.34. The molecule has 0 aliphatic carbocycles. The fraction of sp³-hybridized carbons (Fsp3) is 0.385. The number of pyridine rings is 1. The molecule has 0 atom stereocenters. The first-order chi connectivity index (χ1) is 17.6. The lowest BCUT2D eigenvalue weighted by Crippen LogP contribution is -2.44. The van der Waals surface area contributed by atoms with Gasteiger partial charge < -0.3 is 20.4 Å². The summed E-state index contributed by atoms with van der Waals surface area (Å²) in [7, 11) is 2.14. The number of amides is 1. The van der Waals surface area contributed by atoms with Crippen LogP contribution >= 0.6 is 0 Å². The van der Waals surface area contributed by atoms with Crippen molar-refractivity contribution >= 4 is 28.4 Å². The Morgan fingerprint density at radius 2 is 1.81 bits per heavy atom. The highest BCUT2D eigenvalue weighted by Gasteiger charge is 2.18. The van der Waals surface area contributed by atoms with E-state index in [-0.39, 0.29) is 5.91 Å². The summed E-state index contributed by atoms with van der Waals surface area (Å²) in [5.74, 6) is 0.274. The Morgan fingerprint density at radius 1 is 1.03 bits per heavy atom. The average Bonchev–Trinajstić information content (AvgIpc) is 3.57. The van der Waals surface area contributed by atoms with E-state index in [1.807, 2.05) is 42.7 Å². The summed E-state index contributed by atoms with van der Waals surface area (Å²) in [6.07, 6.45) is 7.93. The van der Waals surface area contributed by atoms with Gasteiger partial charge in [0.25, 0.3) is 5.91 Å². The normalized spacial score (nSPS) is 17.5. The van der Waals surface area contributed by atoms with E-state index >= 15 is 0 Å². The smallest absolute Gasteiger partial charge is 0.256 e. The predicted molar refractivity (Wildman–Crippen MR) is 140 cm³/mol. The van der Waals surface area contributed by atoms with Crippen LogP contribution in [0.1, 0.15) is 29.2 Å². The van der Waals surface area contributed by atoms with Crippen LogP contribution in [0.25, 0.3) is 22.2 Å². The Hall–Kier alpha value is -3.76. The van der Waals surface area contributed by atoms with Gasteiger partial charge in [0.1, 0.15) is 0 Å². The number of rotatable bonds is 5. The number of piperazine rings is 1. The highest BCUT2D eigenvalue weighted by Crippen LogP contribution is 2.28. The Balaban J connectivity index is 1.18. The Kier molecular flexibility index (Phi) is 6.12. The molecule has 1 aromatic carbocycles. The zero-order valence-corrected chi connectivity index (χ0v) is 20.4. The van der Waals surface area contributed by atoms with Crippen molar-refractivity contribution in [1.82, 2.24) is 35.2 Å². The lowest BCUT2D eigenvalue weighted by atomic mass is 10.1. The number of aromatic amines is 1. The second kappa shape index (κ2) is 9.71. The van der Waals surface area contributed by atoms with E-state index in [0.717, 1.165) is 74.3 Å². The first-order valence-corrected chi connectivity index (χ1v) is 12.6. The van der Waals surface area contributed by atoms with E-state index < -0.39 is 0 Å². The molecule has 0 unspecified atom stereocenters. The fourth-order valence-electron chi connectivity index (χ4n) is 4.98. The molecule has 0 bridgehead atoms. The molecule has 2 aliphatic heterocycles. The molecule has 6 rings (SSSR count). The maximum Gasteiger partial charge on any atom is 0.256 e. The van der Waals surface area contributed by atoms with Gasteiger partial charge in [-0.3, -0.25) is 14.6 Å². The van der Waals surface area contributed by atoms with Gasteiger partial charge >= 0.3 is 0 Å². The molecule has 10 nitrogen and oxygen atoms in total. The van der Waals surface area contributed by atoms with Crippen LogP contribution in [0.3, 0.4) is 0 Å². The number of carbonyl (C=O) groups excluding carboxylic acids is 1. The average molecular weight is 486 g/mol. The first kappa shape index (κ1) is 22.7. The number of hydrogen-bond acceptors (Lipinski definition) is 7. The molecular formula is C26H31N9O. The van der Waals surface area contributed by atoms with Crippen LogP contribution < -0.4 is 15.5 Å². The molecule has 4 aromatic rings. The van der Waals surface area contributed by atoms with Crippen molar-refractivity contribution < 1.29 is 4.79 Å². The summed E-state index contributed by atoms with van der Waals surface area (Å²) in [6.45, 7) is 6.11. The highest BCUT2D eigenvalue weighted by molar-refractivity contribution is 6.08. The molecule has 10 heteroatoms. The number of anilines is 2. The van der Waals surface area contributed by atoms with Crippen LogP contribution in [0.2, 0.25) is 0 Å². The molecular weight excluding hydrogens is 454 g/mol. The maximum atomic E-state index is 13.0. The standard InChI is InChI=1S/C26H31N9O/c1-33-10-12-34(13-11-33)21-4-2-18(3-5-21)26(36)30-25-23-14-19(15-28-24(23)31-32-25)20-16-29-35(17-20)22-6-8-27-9-7-22/h2-5,14-17,22,27H,6-13H2,1H3,(H2,28,30,31,32,36). The number of aromatic nitrogens is 5. The zero-order valence-electron chi connectivity index (χ0n) is 20.4. The third-order valence-electron chi connectivity index (χ3n) is 7.26. The van der Waals surface area contributed by atoms with Crippen LogP contribution in [0.5, 0.6) is 0 Å². The largest absolute Gasteiger partial charge is 0.369 e. The molecule has 3 N–H and O–H groups in total. The molecule has 2 fully saturated rings. The number of hydrogen-bond donors (Lipinski definition) is 3. The molecule has 3 aromatic heterocycles. The van der Waals surface area contributed by atoms with Crippen molar-refractivity contribution in [3.63, 3.8) is 0 Å². The minimum atomic E-state index is -0.197. The molecule has 0 radical (unpaired) electrons. The minimum absolute atomic E-state index is 0.197. The second-order valence-electron chi connectivity index (χ2n) is 9.67. The van der Waals surface area contributed by atoms with Crippen LogP contribution in [-0.4, -0.2) is 82.1 Å². The van der Waals surface area contributed by atoms with Crippen LogP contribution in [0, 0.1) is 0 Å². The number of H-pyrrole nitrogens is 1. The van der Waals surface area contributed by atoms with Crippen molar-refractivity contribution in [2.45, 2.75) is 18.9 Å². The fourth-order valence-corrected chi connectivity index (χ4v) is 4.98. The van der Waals surface area contributed by atoms with Gasteiger partial charge in [-0.1, -0.05) is 0 Å². The van der Waals surface area contributed by atoms with Crippen LogP contribution in [0.15, 0.2) is 48.9 Å². The summed E-state index contributed by atoms with van der Waals surface area (Å²) < 4.78 is 2.06. The maximum absolute atomic E-state index is 13.0. The molecule has 0 spiro atoms. The summed E-state index contributed by atoms with van der Waals surface area (Å²) in [4.78, 5) is 22.2. The van der Waals surface area contributed by atoms with Gasteiger partial charge in [0.2, 0.25) is 0 Å². The van der Waals surface area contributed by atoms with Crippen molar-refractivity contribution in [3.8, 4) is 11.1 Å². The van der Waals surface area contributed by atoms with Crippen molar-refractivity contribution in [2.75, 3.05) is 56.5 Å². The number of benzene rings is 1. The molecule has 2 saturated heterocycles. The van der Waals surface area contributed by atoms with Gasteiger partial charge in [-0.2, -0.15) is 10.2 Å². The van der Waals surface area contributed by atoms with E-state index in [0.29, 0.717) is 23.1 Å². The van der Waals surface area contributed by atoms with Gasteiger partial charge in [-0.25, -0.2) is 4.98 Å². The number of nitrogens with zero attached hydrogens (tertiary/aromatic N) is 6. The van der Waals surface area contributed by atoms with Crippen molar-refractivity contribution in [3.05, 3.63) is 54.5 Å². The lowest BCUT2D eigenvalue weighted by molar-refractivity contribution is 0.102. The summed E-state index contributed by atoms with van der Waals surface area (Å²) in [6, 6.07) is 10.2. The van der Waals surface area contributed by atoms with Gasteiger partial charge in [0.05, 0.1) is 17.6 Å². The number of fused-ring (bicyclic) bond motifs is 1. The Morgan fingerprint density at radius 3 is 2.58 bits per heavy atom. The Bertz CT molecular complexity index is 1350. The summed E-state index contributed by atoms with van der Waals surface area (Å²) in [5, 5.41) is 18.9. The minimum Gasteiger partial charge on any atom is -0.369 e. The van der Waals surface area contributed by atoms with Crippen molar-refractivity contribution in [2.24, 2.45) is 0 Å². The Labute approximate surface area is 209 Å². The third kappa shape index (κ3) is 4.57. The van der Waals surface area contributed by atoms with E-state index in [1.165, 1.54) is 0 Å². The highest BCUT2D eigenvalue weighted by atomic mass is 16.1. The van der Waals surface area contributed by atoms with E-state index in [2.05, 4.69) is 58.6 Å². The number of likely N-dealkylation sites (N-methyl/N-ethyl adjacent to an activating group) is 1. The monoisotopic (exact) mass is 485 g/mol. The van der Waals surface area contributed by atoms with Gasteiger partial charge in [0.15, 0.2) is 11.5 Å². The van der Waals surface area contributed by atoms with Crippen LogP contribution in [0.4, 0.5) is 11.5 Å². The third-order valence-corrected chi connectivity index (χ3v) is 7.26. The molecule has 5 heterocycles. The van der Waals surface area contributed by atoms with E-state index in [9.17, 15) is 4.79 Å².